The summed E-state index contributed by atoms with van der Waals surface area (Å²) in [5.41, 5.74) is 10.6. The third-order valence-electron chi connectivity index (χ3n) is 4.16. The van der Waals surface area contributed by atoms with Crippen molar-refractivity contribution in [2.75, 3.05) is 16.8 Å². The zero-order valence-corrected chi connectivity index (χ0v) is 15.8. The van der Waals surface area contributed by atoms with Crippen LogP contribution in [-0.4, -0.2) is 26.4 Å². The van der Waals surface area contributed by atoms with E-state index in [2.05, 4.69) is 15.5 Å². The molecule has 1 heterocycles. The molecule has 0 aliphatic rings. The van der Waals surface area contributed by atoms with Gasteiger partial charge in [-0.25, -0.2) is 0 Å². The Kier molecular flexibility index (Phi) is 5.27. The van der Waals surface area contributed by atoms with E-state index in [1.165, 1.54) is 17.3 Å². The number of hydrogen-bond acceptors (Lipinski definition) is 5. The number of nitrogen functional groups attached to an aromatic ring is 1. The molecule has 0 spiro atoms. The molecule has 1 amide bonds. The topological polar surface area (TPSA) is 85.8 Å². The highest BCUT2D eigenvalue weighted by molar-refractivity contribution is 7.99. The predicted octanol–water partition coefficient (Wildman–Crippen LogP) is 3.41. The smallest absolute Gasteiger partial charge is 0.234 e. The van der Waals surface area contributed by atoms with Crippen molar-refractivity contribution in [3.63, 3.8) is 0 Å². The van der Waals surface area contributed by atoms with Crippen LogP contribution < -0.4 is 11.1 Å². The van der Waals surface area contributed by atoms with Crippen molar-refractivity contribution in [1.82, 2.24) is 14.8 Å². The molecule has 6 nitrogen and oxygen atoms in total. The maximum Gasteiger partial charge on any atom is 0.234 e. The fraction of sp³-hybridized carbons (Fsp3) is 0.211. The highest BCUT2D eigenvalue weighted by Gasteiger charge is 2.14. The van der Waals surface area contributed by atoms with Crippen LogP contribution in [0.4, 0.5) is 11.4 Å². The van der Waals surface area contributed by atoms with Crippen LogP contribution in [0.25, 0.3) is 11.4 Å². The fourth-order valence-electron chi connectivity index (χ4n) is 2.52. The summed E-state index contributed by atoms with van der Waals surface area (Å²) in [6, 6.07) is 13.4. The molecule has 0 aliphatic heterocycles. The van der Waals surface area contributed by atoms with Crippen LogP contribution in [0.1, 0.15) is 11.1 Å². The molecule has 0 fully saturated rings. The number of hydrogen-bond donors (Lipinski definition) is 2. The zero-order valence-electron chi connectivity index (χ0n) is 15.0. The lowest BCUT2D eigenvalue weighted by Gasteiger charge is -2.08. The van der Waals surface area contributed by atoms with Crippen molar-refractivity contribution in [2.24, 2.45) is 7.05 Å². The summed E-state index contributed by atoms with van der Waals surface area (Å²) in [5.74, 6) is 0.852. The largest absolute Gasteiger partial charge is 0.398 e. The number of amides is 1. The molecule has 0 saturated heterocycles. The van der Waals surface area contributed by atoms with E-state index in [1.54, 1.807) is 0 Å². The third-order valence-corrected chi connectivity index (χ3v) is 5.18. The second-order valence-corrected chi connectivity index (χ2v) is 7.03. The van der Waals surface area contributed by atoms with E-state index >= 15 is 0 Å². The molecule has 3 aromatic rings. The van der Waals surface area contributed by atoms with Crippen LogP contribution in [0.2, 0.25) is 0 Å². The molecule has 7 heteroatoms. The second kappa shape index (κ2) is 7.61. The molecule has 0 saturated carbocycles. The lowest BCUT2D eigenvalue weighted by molar-refractivity contribution is -0.113. The van der Waals surface area contributed by atoms with Gasteiger partial charge in [0.25, 0.3) is 0 Å². The SMILES string of the molecule is Cc1ccc(NC(=O)CSc2nnc(-c3ccccc3N)n2C)cc1C. The Morgan fingerprint density at radius 2 is 1.92 bits per heavy atom. The normalized spacial score (nSPS) is 10.7. The fourth-order valence-corrected chi connectivity index (χ4v) is 3.23. The number of carbonyl (C=O) groups is 1. The van der Waals surface area contributed by atoms with Gasteiger partial charge in [0.2, 0.25) is 5.91 Å². The van der Waals surface area contributed by atoms with Crippen molar-refractivity contribution in [2.45, 2.75) is 19.0 Å². The number of aromatic nitrogens is 3. The molecule has 3 N–H and O–H groups in total. The molecule has 3 rings (SSSR count). The average molecular weight is 367 g/mol. The molecule has 2 aromatic carbocycles. The number of anilines is 2. The van der Waals surface area contributed by atoms with E-state index in [1.807, 2.05) is 67.9 Å². The minimum atomic E-state index is -0.0815. The summed E-state index contributed by atoms with van der Waals surface area (Å²) >= 11 is 1.34. The van der Waals surface area contributed by atoms with E-state index in [9.17, 15) is 4.79 Å². The molecule has 0 aliphatic carbocycles. The Bertz CT molecular complexity index is 951. The van der Waals surface area contributed by atoms with Gasteiger partial charge in [-0.1, -0.05) is 30.0 Å². The summed E-state index contributed by atoms with van der Waals surface area (Å²) in [7, 11) is 1.87. The Labute approximate surface area is 156 Å². The van der Waals surface area contributed by atoms with E-state index < -0.39 is 0 Å². The van der Waals surface area contributed by atoms with Gasteiger partial charge >= 0.3 is 0 Å². The van der Waals surface area contributed by atoms with Gasteiger partial charge in [-0.3, -0.25) is 4.79 Å². The lowest BCUT2D eigenvalue weighted by Crippen LogP contribution is -2.14. The molecule has 1 aromatic heterocycles. The van der Waals surface area contributed by atoms with Crippen LogP contribution >= 0.6 is 11.8 Å². The standard InChI is InChI=1S/C19H21N5OS/c1-12-8-9-14(10-13(12)2)21-17(25)11-26-19-23-22-18(24(19)3)15-6-4-5-7-16(15)20/h4-10H,11,20H2,1-3H3,(H,21,25). The van der Waals surface area contributed by atoms with Crippen LogP contribution in [0.15, 0.2) is 47.6 Å². The average Bonchev–Trinajstić information content (AvgIpc) is 2.97. The van der Waals surface area contributed by atoms with Crippen LogP contribution in [0.5, 0.6) is 0 Å². The molecular weight excluding hydrogens is 346 g/mol. The van der Waals surface area contributed by atoms with Crippen molar-refractivity contribution < 1.29 is 4.79 Å². The van der Waals surface area contributed by atoms with Crippen LogP contribution in [0.3, 0.4) is 0 Å². The highest BCUT2D eigenvalue weighted by atomic mass is 32.2. The number of nitrogens with zero attached hydrogens (tertiary/aromatic N) is 3. The maximum atomic E-state index is 12.2. The molecule has 0 bridgehead atoms. The van der Waals surface area contributed by atoms with Gasteiger partial charge in [0.1, 0.15) is 0 Å². The summed E-state index contributed by atoms with van der Waals surface area (Å²) < 4.78 is 1.85. The number of nitrogens with two attached hydrogens (primary N) is 1. The maximum absolute atomic E-state index is 12.2. The molecule has 134 valence electrons. The Morgan fingerprint density at radius 1 is 1.15 bits per heavy atom. The molecule has 0 atom stereocenters. The second-order valence-electron chi connectivity index (χ2n) is 6.09. The van der Waals surface area contributed by atoms with Crippen LogP contribution in [0, 0.1) is 13.8 Å². The van der Waals surface area contributed by atoms with Gasteiger partial charge in [-0.2, -0.15) is 0 Å². The highest BCUT2D eigenvalue weighted by Crippen LogP contribution is 2.26. The van der Waals surface area contributed by atoms with Gasteiger partial charge in [0.15, 0.2) is 11.0 Å². The van der Waals surface area contributed by atoms with Crippen molar-refractivity contribution in [1.29, 1.82) is 0 Å². The van der Waals surface area contributed by atoms with E-state index in [0.717, 1.165) is 16.8 Å². The van der Waals surface area contributed by atoms with E-state index in [4.69, 9.17) is 5.73 Å². The predicted molar refractivity (Wildman–Crippen MR) is 106 cm³/mol. The summed E-state index contributed by atoms with van der Waals surface area (Å²) in [5, 5.41) is 12.0. The molecule has 0 unspecified atom stereocenters. The van der Waals surface area contributed by atoms with Gasteiger partial charge in [0, 0.05) is 24.0 Å². The summed E-state index contributed by atoms with van der Waals surface area (Å²) in [4.78, 5) is 12.2. The van der Waals surface area contributed by atoms with Gasteiger partial charge < -0.3 is 15.6 Å². The first kappa shape index (κ1) is 18.0. The first-order chi connectivity index (χ1) is 12.5. The number of aryl methyl sites for hydroxylation is 2. The first-order valence-corrected chi connectivity index (χ1v) is 9.18. The van der Waals surface area contributed by atoms with Crippen molar-refractivity contribution in [3.8, 4) is 11.4 Å². The molecular formula is C19H21N5OS. The van der Waals surface area contributed by atoms with Crippen LogP contribution in [-0.2, 0) is 11.8 Å². The number of rotatable bonds is 5. The van der Waals surface area contributed by atoms with Crippen molar-refractivity contribution in [3.05, 3.63) is 53.6 Å². The monoisotopic (exact) mass is 367 g/mol. The quantitative estimate of drug-likeness (QED) is 0.533. The molecule has 26 heavy (non-hydrogen) atoms. The third kappa shape index (κ3) is 3.88. The summed E-state index contributed by atoms with van der Waals surface area (Å²) in [6.07, 6.45) is 0. The first-order valence-electron chi connectivity index (χ1n) is 8.20. The lowest BCUT2D eigenvalue weighted by atomic mass is 10.1. The van der Waals surface area contributed by atoms with E-state index in [-0.39, 0.29) is 11.7 Å². The number of carbonyl (C=O) groups excluding carboxylic acids is 1. The van der Waals surface area contributed by atoms with Gasteiger partial charge in [-0.05, 0) is 49.2 Å². The summed E-state index contributed by atoms with van der Waals surface area (Å²) in [6.45, 7) is 4.07. The minimum absolute atomic E-state index is 0.0815. The number of nitrogens with one attached hydrogen (secondary N) is 1. The Balaban J connectivity index is 1.66. The number of thioether (sulfide) groups is 1. The van der Waals surface area contributed by atoms with Gasteiger partial charge in [-0.15, -0.1) is 10.2 Å². The Hall–Kier alpha value is -2.80. The minimum Gasteiger partial charge on any atom is -0.398 e. The van der Waals surface area contributed by atoms with Gasteiger partial charge in [0.05, 0.1) is 5.75 Å². The zero-order chi connectivity index (χ0) is 18.7. The number of benzene rings is 2. The molecule has 0 radical (unpaired) electrons. The Morgan fingerprint density at radius 3 is 2.65 bits per heavy atom. The van der Waals surface area contributed by atoms with Crippen molar-refractivity contribution >= 4 is 29.0 Å². The van der Waals surface area contributed by atoms with E-state index in [0.29, 0.717) is 16.7 Å². The number of para-hydroxylation sites is 1.